The van der Waals surface area contributed by atoms with Crippen LogP contribution in [0.15, 0.2) is 78.4 Å². The molecule has 2 saturated heterocycles. The number of ether oxygens (including phenoxy) is 1. The van der Waals surface area contributed by atoms with Gasteiger partial charge < -0.3 is 29.9 Å². The van der Waals surface area contributed by atoms with E-state index >= 15 is 0 Å². The van der Waals surface area contributed by atoms with Crippen LogP contribution in [-0.4, -0.2) is 69.4 Å². The molecule has 7 rings (SSSR count). The Hall–Kier alpha value is -4.96. The molecule has 3 aromatic carbocycles. The van der Waals surface area contributed by atoms with Crippen molar-refractivity contribution < 1.29 is 62.3 Å². The van der Waals surface area contributed by atoms with Crippen LogP contribution in [0.1, 0.15) is 24.3 Å². The number of hydrogen-bond donors (Lipinski definition) is 5. The Bertz CT molecular complexity index is 1970. The van der Waals surface area contributed by atoms with Gasteiger partial charge in [-0.3, -0.25) is 29.0 Å². The number of benzene rings is 3. The maximum atomic E-state index is 14.3. The normalized spacial score (nSPS) is 26.0. The first-order valence-electron chi connectivity index (χ1n) is 15.6. The van der Waals surface area contributed by atoms with Gasteiger partial charge in [-0.25, -0.2) is 0 Å². The van der Waals surface area contributed by atoms with Gasteiger partial charge in [-0.2, -0.15) is 0 Å². The van der Waals surface area contributed by atoms with Crippen LogP contribution < -0.4 is 25.5 Å². The first-order chi connectivity index (χ1) is 23.7. The predicted octanol–water partition coefficient (Wildman–Crippen LogP) is 0.696. The lowest BCUT2D eigenvalue weighted by Crippen LogP contribution is -2.43. The van der Waals surface area contributed by atoms with Crippen molar-refractivity contribution in [3.8, 4) is 11.5 Å². The SMILES string of the molecule is O=C1C2CC=C3C(CC4C(=O)N(c5cccc(B(O)O)c5)C(=O)C4C3c3cc(OC(F)(F)F)ccc3O)C2C(=O)N1c1cccc(B(O)O)c1. The highest BCUT2D eigenvalue weighted by molar-refractivity contribution is 6.59. The van der Waals surface area contributed by atoms with Crippen LogP contribution in [0.2, 0.25) is 0 Å². The van der Waals surface area contributed by atoms with E-state index in [4.69, 9.17) is 0 Å². The molecule has 2 aliphatic heterocycles. The van der Waals surface area contributed by atoms with Crippen molar-refractivity contribution in [3.05, 3.63) is 83.9 Å². The molecule has 2 aliphatic carbocycles. The molecule has 0 aromatic heterocycles. The summed E-state index contributed by atoms with van der Waals surface area (Å²) >= 11 is 0. The number of imide groups is 2. The molecule has 6 atom stereocenters. The van der Waals surface area contributed by atoms with Crippen LogP contribution >= 0.6 is 0 Å². The van der Waals surface area contributed by atoms with Gasteiger partial charge in [0.2, 0.25) is 23.6 Å². The van der Waals surface area contributed by atoms with Gasteiger partial charge in [-0.15, -0.1) is 13.2 Å². The molecule has 4 amide bonds. The molecule has 6 unspecified atom stereocenters. The van der Waals surface area contributed by atoms with Gasteiger partial charge >= 0.3 is 20.6 Å². The minimum atomic E-state index is -5.09. The second kappa shape index (κ2) is 12.1. The van der Waals surface area contributed by atoms with E-state index in [-0.39, 0.29) is 40.7 Å². The number of nitrogens with zero attached hydrogens (tertiary/aromatic N) is 2. The summed E-state index contributed by atoms with van der Waals surface area (Å²) in [4.78, 5) is 58.2. The number of rotatable bonds is 6. The number of allylic oxidation sites excluding steroid dienone is 2. The molecule has 12 nitrogen and oxygen atoms in total. The van der Waals surface area contributed by atoms with Gasteiger partial charge in [-0.05, 0) is 72.1 Å². The van der Waals surface area contributed by atoms with Gasteiger partial charge in [-0.1, -0.05) is 35.9 Å². The van der Waals surface area contributed by atoms with Crippen LogP contribution in [0.5, 0.6) is 11.5 Å². The fraction of sp³-hybridized carbons (Fsp3) is 0.273. The van der Waals surface area contributed by atoms with Crippen LogP contribution in [-0.2, 0) is 19.2 Å². The Kier molecular flexibility index (Phi) is 8.13. The van der Waals surface area contributed by atoms with Gasteiger partial charge in [0.15, 0.2) is 0 Å². The minimum Gasteiger partial charge on any atom is -0.508 e. The smallest absolute Gasteiger partial charge is 0.508 e. The molecule has 0 radical (unpaired) electrons. The Balaban J connectivity index is 1.35. The number of alkyl halides is 3. The Morgan fingerprint density at radius 2 is 1.26 bits per heavy atom. The maximum absolute atomic E-state index is 14.3. The topological polar surface area (TPSA) is 185 Å². The van der Waals surface area contributed by atoms with E-state index in [0.29, 0.717) is 5.57 Å². The van der Waals surface area contributed by atoms with Crippen molar-refractivity contribution in [2.24, 2.45) is 29.6 Å². The van der Waals surface area contributed by atoms with Gasteiger partial charge in [0.1, 0.15) is 11.5 Å². The summed E-state index contributed by atoms with van der Waals surface area (Å²) in [5.74, 6) is -10.4. The number of carbonyl (C=O) groups is 4. The van der Waals surface area contributed by atoms with Crippen molar-refractivity contribution in [1.82, 2.24) is 0 Å². The Morgan fingerprint density at radius 1 is 0.700 bits per heavy atom. The van der Waals surface area contributed by atoms with Crippen molar-refractivity contribution in [3.63, 3.8) is 0 Å². The second-order valence-corrected chi connectivity index (χ2v) is 12.8. The quantitative estimate of drug-likeness (QED) is 0.140. The number of hydrogen-bond acceptors (Lipinski definition) is 10. The third-order valence-electron chi connectivity index (χ3n) is 10.1. The summed E-state index contributed by atoms with van der Waals surface area (Å²) < 4.78 is 43.9. The van der Waals surface area contributed by atoms with Crippen molar-refractivity contribution in [2.75, 3.05) is 9.80 Å². The molecule has 17 heteroatoms. The number of anilines is 2. The number of phenolic OH excluding ortho intramolecular Hbond substituents is 1. The molecule has 0 bridgehead atoms. The lowest BCUT2D eigenvalue weighted by atomic mass is 9.57. The Labute approximate surface area is 282 Å². The second-order valence-electron chi connectivity index (χ2n) is 12.8. The van der Waals surface area contributed by atoms with Crippen LogP contribution in [0.3, 0.4) is 0 Å². The third kappa shape index (κ3) is 5.46. The van der Waals surface area contributed by atoms with Crippen LogP contribution in [0, 0.1) is 29.6 Å². The minimum absolute atomic E-state index is 0.00440. The predicted molar refractivity (Wildman–Crippen MR) is 170 cm³/mol. The van der Waals surface area contributed by atoms with Gasteiger partial charge in [0.05, 0.1) is 35.0 Å². The zero-order chi connectivity index (χ0) is 35.8. The van der Waals surface area contributed by atoms with E-state index in [2.05, 4.69) is 4.74 Å². The Morgan fingerprint density at radius 3 is 1.82 bits per heavy atom. The number of aromatic hydroxyl groups is 1. The van der Waals surface area contributed by atoms with E-state index in [1.807, 2.05) is 0 Å². The molecule has 256 valence electrons. The molecule has 50 heavy (non-hydrogen) atoms. The molecule has 2 heterocycles. The highest BCUT2D eigenvalue weighted by Gasteiger charge is 2.62. The van der Waals surface area contributed by atoms with Crippen molar-refractivity contribution in [1.29, 1.82) is 0 Å². The fourth-order valence-corrected chi connectivity index (χ4v) is 8.07. The van der Waals surface area contributed by atoms with E-state index < -0.39 is 91.2 Å². The fourth-order valence-electron chi connectivity index (χ4n) is 8.07. The van der Waals surface area contributed by atoms with Crippen molar-refractivity contribution in [2.45, 2.75) is 25.1 Å². The molecular formula is C33H27B2F3N2O10. The number of phenols is 1. The lowest BCUT2D eigenvalue weighted by Gasteiger charge is -2.44. The summed E-state index contributed by atoms with van der Waals surface area (Å²) in [6.45, 7) is 0. The summed E-state index contributed by atoms with van der Waals surface area (Å²) in [6.07, 6.45) is -3.56. The number of halogens is 3. The van der Waals surface area contributed by atoms with E-state index in [9.17, 15) is 57.6 Å². The van der Waals surface area contributed by atoms with Crippen LogP contribution in [0.25, 0.3) is 0 Å². The van der Waals surface area contributed by atoms with E-state index in [1.165, 1.54) is 48.5 Å². The third-order valence-corrected chi connectivity index (χ3v) is 10.1. The molecule has 4 aliphatic rings. The highest BCUT2D eigenvalue weighted by Crippen LogP contribution is 2.59. The lowest BCUT2D eigenvalue weighted by molar-refractivity contribution is -0.274. The number of carbonyl (C=O) groups excluding carboxylic acids is 4. The molecular weight excluding hydrogens is 663 g/mol. The van der Waals surface area contributed by atoms with E-state index in [1.54, 1.807) is 6.08 Å². The monoisotopic (exact) mass is 690 g/mol. The summed E-state index contributed by atoms with van der Waals surface area (Å²) in [5.41, 5.74) is 0.342. The summed E-state index contributed by atoms with van der Waals surface area (Å²) in [7, 11) is -3.81. The average Bonchev–Trinajstić information content (AvgIpc) is 3.47. The van der Waals surface area contributed by atoms with Gasteiger partial charge in [0.25, 0.3) is 0 Å². The molecule has 5 N–H and O–H groups in total. The summed E-state index contributed by atoms with van der Waals surface area (Å²) in [6, 6.07) is 13.8. The van der Waals surface area contributed by atoms with Crippen LogP contribution in [0.4, 0.5) is 24.5 Å². The molecule has 0 spiro atoms. The first-order valence-corrected chi connectivity index (χ1v) is 15.6. The zero-order valence-corrected chi connectivity index (χ0v) is 25.8. The maximum Gasteiger partial charge on any atom is 0.573 e. The largest absolute Gasteiger partial charge is 0.573 e. The van der Waals surface area contributed by atoms with Crippen molar-refractivity contribution >= 4 is 60.2 Å². The highest BCUT2D eigenvalue weighted by atomic mass is 19.4. The molecule has 3 aromatic rings. The number of fused-ring (bicyclic) bond motifs is 4. The first kappa shape index (κ1) is 33.5. The molecule has 1 saturated carbocycles. The van der Waals surface area contributed by atoms with E-state index in [0.717, 1.165) is 28.0 Å². The average molecular weight is 690 g/mol. The standard InChI is InChI=1S/C33H27B2F3N2O10/c36-33(37,38)50-19-7-10-25(41)23(13-19)26-20-8-9-21-27(31(44)39(29(21)42)17-5-1-3-15(11-17)34(46)47)22(20)14-24-28(26)32(45)40(30(24)43)18-6-2-4-16(12-18)35(48)49/h1-8,10-13,21-22,24,26-28,41,46-49H,9,14H2. The number of amides is 4. The summed E-state index contributed by atoms with van der Waals surface area (Å²) in [5, 5.41) is 49.9. The van der Waals surface area contributed by atoms with Gasteiger partial charge in [0, 0.05) is 11.5 Å². The zero-order valence-electron chi connectivity index (χ0n) is 25.8. The molecule has 3 fully saturated rings.